The number of nitrogens with zero attached hydrogens (tertiary/aromatic N) is 2. The number of benzene rings is 1. The van der Waals surface area contributed by atoms with E-state index in [-0.39, 0.29) is 34.6 Å². The van der Waals surface area contributed by atoms with Gasteiger partial charge in [0.05, 0.1) is 10.9 Å². The number of rotatable bonds is 4. The van der Waals surface area contributed by atoms with E-state index in [1.165, 1.54) is 10.8 Å². The van der Waals surface area contributed by atoms with E-state index in [9.17, 15) is 14.7 Å². The van der Waals surface area contributed by atoms with Crippen molar-refractivity contribution in [3.63, 3.8) is 0 Å². The molecule has 6 nitrogen and oxygen atoms in total. The quantitative estimate of drug-likeness (QED) is 0.752. The fourth-order valence-corrected chi connectivity index (χ4v) is 5.10. The highest BCUT2D eigenvalue weighted by Gasteiger charge is 2.40. The van der Waals surface area contributed by atoms with Gasteiger partial charge in [-0.05, 0) is 38.3 Å². The minimum absolute atomic E-state index is 0.00191. The molecule has 1 aromatic heterocycles. The van der Waals surface area contributed by atoms with Crippen LogP contribution in [0.25, 0.3) is 10.9 Å². The van der Waals surface area contributed by atoms with Gasteiger partial charge in [-0.25, -0.2) is 13.6 Å². The SMILES string of the molecule is CNC1C=CCC2CN(c3c(F)cc4c(=O)c(C(=O)O)cn(C5CC5)c4c3F)CC21. The summed E-state index contributed by atoms with van der Waals surface area (Å²) in [5.41, 5.74) is -1.44. The van der Waals surface area contributed by atoms with Crippen molar-refractivity contribution < 1.29 is 18.7 Å². The summed E-state index contributed by atoms with van der Waals surface area (Å²) in [5, 5.41) is 12.4. The van der Waals surface area contributed by atoms with Gasteiger partial charge in [-0.1, -0.05) is 12.2 Å². The van der Waals surface area contributed by atoms with Gasteiger partial charge < -0.3 is 19.9 Å². The maximum atomic E-state index is 15.8. The molecule has 2 N–H and O–H groups in total. The number of aromatic carboxylic acids is 1. The van der Waals surface area contributed by atoms with Crippen LogP contribution in [-0.4, -0.2) is 41.8 Å². The van der Waals surface area contributed by atoms with Crippen LogP contribution in [0.15, 0.2) is 29.2 Å². The lowest BCUT2D eigenvalue weighted by Crippen LogP contribution is -2.38. The summed E-state index contributed by atoms with van der Waals surface area (Å²) in [4.78, 5) is 25.9. The summed E-state index contributed by atoms with van der Waals surface area (Å²) in [6, 6.07) is 1.10. The van der Waals surface area contributed by atoms with Crippen LogP contribution in [0.5, 0.6) is 0 Å². The first-order valence-corrected chi connectivity index (χ1v) is 10.3. The average Bonchev–Trinajstić information content (AvgIpc) is 3.46. The third-order valence-corrected chi connectivity index (χ3v) is 6.74. The standard InChI is InChI=1S/C22H23F2N3O3/c1-25-17-4-2-3-11-8-26(9-14(11)17)20-16(23)7-13-19(18(20)24)27(12-5-6-12)10-15(21(13)28)22(29)30/h2,4,7,10-12,14,17,25H,3,5-6,8-9H2,1H3,(H,29,30). The van der Waals surface area contributed by atoms with Gasteiger partial charge in [0.25, 0.3) is 0 Å². The Hall–Kier alpha value is -2.74. The summed E-state index contributed by atoms with van der Waals surface area (Å²) in [7, 11) is 1.88. The highest BCUT2D eigenvalue weighted by Crippen LogP contribution is 2.42. The van der Waals surface area contributed by atoms with Gasteiger partial charge in [-0.3, -0.25) is 4.79 Å². The van der Waals surface area contributed by atoms with E-state index in [0.717, 1.165) is 25.3 Å². The third-order valence-electron chi connectivity index (χ3n) is 6.74. The van der Waals surface area contributed by atoms with Crippen LogP contribution >= 0.6 is 0 Å². The maximum absolute atomic E-state index is 15.8. The molecule has 2 heterocycles. The van der Waals surface area contributed by atoms with Crippen LogP contribution in [0.4, 0.5) is 14.5 Å². The number of carbonyl (C=O) groups is 1. The lowest BCUT2D eigenvalue weighted by molar-refractivity contribution is 0.0695. The molecule has 30 heavy (non-hydrogen) atoms. The van der Waals surface area contributed by atoms with Gasteiger partial charge in [0.15, 0.2) is 5.82 Å². The molecular weight excluding hydrogens is 392 g/mol. The summed E-state index contributed by atoms with van der Waals surface area (Å²) < 4.78 is 32.4. The number of nitrogens with one attached hydrogen (secondary N) is 1. The second kappa shape index (κ2) is 6.91. The topological polar surface area (TPSA) is 74.6 Å². The molecule has 0 amide bonds. The van der Waals surface area contributed by atoms with Crippen molar-refractivity contribution in [2.24, 2.45) is 11.8 Å². The number of pyridine rings is 1. The Kier molecular flexibility index (Phi) is 4.43. The van der Waals surface area contributed by atoms with Gasteiger partial charge in [-0.15, -0.1) is 0 Å². The van der Waals surface area contributed by atoms with Crippen LogP contribution in [0, 0.1) is 23.5 Å². The zero-order valence-electron chi connectivity index (χ0n) is 16.6. The fraction of sp³-hybridized carbons (Fsp3) is 0.455. The van der Waals surface area contributed by atoms with E-state index < -0.39 is 28.6 Å². The molecule has 1 saturated heterocycles. The van der Waals surface area contributed by atoms with E-state index in [2.05, 4.69) is 17.5 Å². The van der Waals surface area contributed by atoms with Gasteiger partial charge in [0.2, 0.25) is 5.43 Å². The molecule has 0 spiro atoms. The molecule has 8 heteroatoms. The Labute approximate surface area is 171 Å². The second-order valence-corrected chi connectivity index (χ2v) is 8.54. The highest BCUT2D eigenvalue weighted by atomic mass is 19.1. The predicted molar refractivity (Wildman–Crippen MR) is 109 cm³/mol. The summed E-state index contributed by atoms with van der Waals surface area (Å²) in [6.07, 6.45) is 7.83. The van der Waals surface area contributed by atoms with Crippen LogP contribution in [0.2, 0.25) is 0 Å². The molecule has 2 aromatic rings. The zero-order chi connectivity index (χ0) is 21.2. The molecule has 1 saturated carbocycles. The van der Waals surface area contributed by atoms with E-state index >= 15 is 8.78 Å². The predicted octanol–water partition coefficient (Wildman–Crippen LogP) is 2.91. The van der Waals surface area contributed by atoms with Crippen molar-refractivity contribution in [3.8, 4) is 0 Å². The number of fused-ring (bicyclic) bond motifs is 2. The van der Waals surface area contributed by atoms with Crippen LogP contribution in [0.3, 0.4) is 0 Å². The van der Waals surface area contributed by atoms with Crippen molar-refractivity contribution in [1.82, 2.24) is 9.88 Å². The number of hydrogen-bond donors (Lipinski definition) is 2. The lowest BCUT2D eigenvalue weighted by Gasteiger charge is -2.28. The molecule has 2 fully saturated rings. The highest BCUT2D eigenvalue weighted by molar-refractivity contribution is 5.94. The monoisotopic (exact) mass is 415 g/mol. The van der Waals surface area contributed by atoms with Crippen LogP contribution in [-0.2, 0) is 0 Å². The molecular formula is C22H23F2N3O3. The normalized spacial score (nSPS) is 25.7. The van der Waals surface area contributed by atoms with E-state index in [4.69, 9.17) is 0 Å². The third kappa shape index (κ3) is 2.85. The number of hydrogen-bond acceptors (Lipinski definition) is 4. The molecule has 0 radical (unpaired) electrons. The first-order chi connectivity index (χ1) is 14.4. The number of anilines is 1. The number of halogens is 2. The Morgan fingerprint density at radius 3 is 2.70 bits per heavy atom. The molecule has 3 atom stereocenters. The van der Waals surface area contributed by atoms with E-state index in [1.54, 1.807) is 4.90 Å². The Balaban J connectivity index is 1.66. The van der Waals surface area contributed by atoms with Crippen molar-refractivity contribution in [1.29, 1.82) is 0 Å². The van der Waals surface area contributed by atoms with Gasteiger partial charge in [0, 0.05) is 37.3 Å². The van der Waals surface area contributed by atoms with E-state index in [0.29, 0.717) is 19.0 Å². The molecule has 0 bridgehead atoms. The molecule has 1 aromatic carbocycles. The minimum Gasteiger partial charge on any atom is -0.477 e. The second-order valence-electron chi connectivity index (χ2n) is 8.54. The van der Waals surface area contributed by atoms with Crippen LogP contribution in [0.1, 0.15) is 35.7 Å². The number of aromatic nitrogens is 1. The minimum atomic E-state index is -1.39. The average molecular weight is 415 g/mol. The summed E-state index contributed by atoms with van der Waals surface area (Å²) in [6.45, 7) is 1.05. The molecule has 3 unspecified atom stereocenters. The van der Waals surface area contributed by atoms with Crippen molar-refractivity contribution in [3.05, 3.63) is 51.8 Å². The number of likely N-dealkylation sites (N-methyl/N-ethyl adjacent to an activating group) is 1. The Bertz CT molecular complexity index is 1140. The maximum Gasteiger partial charge on any atom is 0.341 e. The summed E-state index contributed by atoms with van der Waals surface area (Å²) >= 11 is 0. The number of carboxylic acid groups (broad SMARTS) is 1. The van der Waals surface area contributed by atoms with Gasteiger partial charge in [-0.2, -0.15) is 0 Å². The van der Waals surface area contributed by atoms with E-state index in [1.807, 2.05) is 7.05 Å². The smallest absolute Gasteiger partial charge is 0.341 e. The van der Waals surface area contributed by atoms with Crippen LogP contribution < -0.4 is 15.6 Å². The first kappa shape index (κ1) is 19.2. The largest absolute Gasteiger partial charge is 0.477 e. The molecule has 5 rings (SSSR count). The van der Waals surface area contributed by atoms with Crippen molar-refractivity contribution in [2.45, 2.75) is 31.3 Å². The molecule has 3 aliphatic rings. The van der Waals surface area contributed by atoms with Gasteiger partial charge >= 0.3 is 5.97 Å². The number of allylic oxidation sites excluding steroid dienone is 1. The molecule has 2 aliphatic carbocycles. The number of carboxylic acids is 1. The Morgan fingerprint density at radius 2 is 2.03 bits per heavy atom. The van der Waals surface area contributed by atoms with Crippen molar-refractivity contribution >= 4 is 22.6 Å². The summed E-state index contributed by atoms with van der Waals surface area (Å²) in [5.74, 6) is -2.46. The first-order valence-electron chi connectivity index (χ1n) is 10.3. The van der Waals surface area contributed by atoms with Crippen molar-refractivity contribution in [2.75, 3.05) is 25.0 Å². The molecule has 158 valence electrons. The van der Waals surface area contributed by atoms with Gasteiger partial charge in [0.1, 0.15) is 17.1 Å². The zero-order valence-corrected chi connectivity index (χ0v) is 16.6. The fourth-order valence-electron chi connectivity index (χ4n) is 5.10. The molecule has 1 aliphatic heterocycles. The Morgan fingerprint density at radius 1 is 1.27 bits per heavy atom. The lowest BCUT2D eigenvalue weighted by atomic mass is 9.82.